The fourth-order valence-electron chi connectivity index (χ4n) is 3.25. The lowest BCUT2D eigenvalue weighted by Gasteiger charge is -2.27. The minimum absolute atomic E-state index is 0.0272. The summed E-state index contributed by atoms with van der Waals surface area (Å²) < 4.78 is 5.19. The third-order valence-electron chi connectivity index (χ3n) is 4.75. The summed E-state index contributed by atoms with van der Waals surface area (Å²) >= 11 is 6.20. The molecule has 0 unspecified atom stereocenters. The average molecular weight is 346 g/mol. The Labute approximate surface area is 145 Å². The number of aromatic nitrogens is 2. The van der Waals surface area contributed by atoms with E-state index < -0.39 is 0 Å². The van der Waals surface area contributed by atoms with Crippen LogP contribution < -0.4 is 10.3 Å². The van der Waals surface area contributed by atoms with Crippen molar-refractivity contribution >= 4 is 11.6 Å². The number of rotatable bonds is 4. The number of fused-ring (bicyclic) bond motifs is 1. The highest BCUT2D eigenvalue weighted by Crippen LogP contribution is 2.37. The van der Waals surface area contributed by atoms with Gasteiger partial charge in [-0.25, -0.2) is 4.98 Å². The van der Waals surface area contributed by atoms with Gasteiger partial charge < -0.3 is 9.72 Å². The molecule has 1 aliphatic carbocycles. The molecule has 2 heterocycles. The molecule has 5 nitrogen and oxygen atoms in total. The number of methoxy groups -OCH3 is 1. The van der Waals surface area contributed by atoms with E-state index in [9.17, 15) is 4.79 Å². The number of hydrogen-bond acceptors (Lipinski definition) is 4. The van der Waals surface area contributed by atoms with Crippen LogP contribution >= 0.6 is 11.6 Å². The first-order valence-electron chi connectivity index (χ1n) is 8.31. The third kappa shape index (κ3) is 3.06. The van der Waals surface area contributed by atoms with Crippen molar-refractivity contribution in [2.45, 2.75) is 38.3 Å². The van der Waals surface area contributed by atoms with Gasteiger partial charge in [-0.2, -0.15) is 0 Å². The first kappa shape index (κ1) is 15.7. The highest BCUT2D eigenvalue weighted by atomic mass is 35.5. The maximum Gasteiger partial charge on any atom is 0.255 e. The van der Waals surface area contributed by atoms with Gasteiger partial charge in [0.05, 0.1) is 23.4 Å². The Hall–Kier alpha value is -1.85. The number of hydrogen-bond donors (Lipinski definition) is 1. The number of H-pyrrole nitrogens is 1. The van der Waals surface area contributed by atoms with E-state index in [2.05, 4.69) is 9.88 Å². The molecule has 4 rings (SSSR count). The monoisotopic (exact) mass is 345 g/mol. The van der Waals surface area contributed by atoms with Crippen molar-refractivity contribution in [2.24, 2.45) is 0 Å². The second-order valence-electron chi connectivity index (χ2n) is 6.58. The Morgan fingerprint density at radius 1 is 1.42 bits per heavy atom. The summed E-state index contributed by atoms with van der Waals surface area (Å²) in [6, 6.07) is 5.82. The molecule has 0 amide bonds. The zero-order valence-electron chi connectivity index (χ0n) is 13.6. The van der Waals surface area contributed by atoms with Gasteiger partial charge in [-0.05, 0) is 30.5 Å². The van der Waals surface area contributed by atoms with Crippen LogP contribution in [0.3, 0.4) is 0 Å². The Morgan fingerprint density at radius 3 is 2.96 bits per heavy atom. The number of benzene rings is 1. The Bertz CT molecular complexity index is 829. The standard InChI is InChI=1S/C18H20ClN3O2/c1-24-16-5-2-11(8-14(16)19)9-22-7-6-15-13(10-22)18(23)21-17(20-15)12-3-4-12/h2,5,8,12H,3-4,6-7,9-10H2,1H3,(H,20,21,23). The van der Waals surface area contributed by atoms with Gasteiger partial charge in [0.15, 0.2) is 0 Å². The number of aromatic amines is 1. The molecule has 1 saturated carbocycles. The smallest absolute Gasteiger partial charge is 0.255 e. The highest BCUT2D eigenvalue weighted by molar-refractivity contribution is 6.32. The molecule has 2 aromatic rings. The van der Waals surface area contributed by atoms with Gasteiger partial charge >= 0.3 is 0 Å². The summed E-state index contributed by atoms with van der Waals surface area (Å²) in [5.74, 6) is 2.04. The molecular formula is C18H20ClN3O2. The molecule has 0 spiro atoms. The molecule has 0 bridgehead atoms. The number of nitrogens with one attached hydrogen (secondary N) is 1. The van der Waals surface area contributed by atoms with E-state index >= 15 is 0 Å². The lowest BCUT2D eigenvalue weighted by molar-refractivity contribution is 0.241. The molecule has 1 fully saturated rings. The summed E-state index contributed by atoms with van der Waals surface area (Å²) in [4.78, 5) is 22.3. The third-order valence-corrected chi connectivity index (χ3v) is 5.05. The largest absolute Gasteiger partial charge is 0.495 e. The molecule has 24 heavy (non-hydrogen) atoms. The maximum absolute atomic E-state index is 12.4. The highest BCUT2D eigenvalue weighted by Gasteiger charge is 2.29. The van der Waals surface area contributed by atoms with Crippen LogP contribution in [-0.2, 0) is 19.5 Å². The van der Waals surface area contributed by atoms with Crippen molar-refractivity contribution in [2.75, 3.05) is 13.7 Å². The minimum Gasteiger partial charge on any atom is -0.495 e. The van der Waals surface area contributed by atoms with Crippen molar-refractivity contribution in [3.8, 4) is 5.75 Å². The van der Waals surface area contributed by atoms with Crippen LogP contribution in [0.4, 0.5) is 0 Å². The van der Waals surface area contributed by atoms with E-state index in [1.54, 1.807) is 7.11 Å². The van der Waals surface area contributed by atoms with E-state index in [0.717, 1.165) is 55.0 Å². The maximum atomic E-state index is 12.4. The first-order valence-corrected chi connectivity index (χ1v) is 8.68. The summed E-state index contributed by atoms with van der Waals surface area (Å²) in [7, 11) is 1.61. The van der Waals surface area contributed by atoms with E-state index in [0.29, 0.717) is 23.2 Å². The van der Waals surface area contributed by atoms with Crippen LogP contribution in [0, 0.1) is 0 Å². The summed E-state index contributed by atoms with van der Waals surface area (Å²) in [5, 5.41) is 0.612. The topological polar surface area (TPSA) is 58.2 Å². The van der Waals surface area contributed by atoms with E-state index in [1.807, 2.05) is 18.2 Å². The number of nitrogens with zero attached hydrogens (tertiary/aromatic N) is 2. The lowest BCUT2D eigenvalue weighted by atomic mass is 10.1. The van der Waals surface area contributed by atoms with Crippen molar-refractivity contribution in [1.82, 2.24) is 14.9 Å². The lowest BCUT2D eigenvalue weighted by Crippen LogP contribution is -2.35. The van der Waals surface area contributed by atoms with Gasteiger partial charge in [0, 0.05) is 32.0 Å². The molecule has 1 N–H and O–H groups in total. The Morgan fingerprint density at radius 2 is 2.25 bits per heavy atom. The Kier molecular flexibility index (Phi) is 4.06. The molecule has 0 saturated heterocycles. The van der Waals surface area contributed by atoms with Crippen molar-refractivity contribution in [3.05, 3.63) is 56.2 Å². The van der Waals surface area contributed by atoms with Crippen molar-refractivity contribution in [1.29, 1.82) is 0 Å². The summed E-state index contributed by atoms with van der Waals surface area (Å²) in [5.41, 5.74) is 2.93. The second-order valence-corrected chi connectivity index (χ2v) is 6.99. The fraction of sp³-hybridized carbons (Fsp3) is 0.444. The molecule has 126 valence electrons. The number of ether oxygens (including phenoxy) is 1. The van der Waals surface area contributed by atoms with Gasteiger partial charge in [0.2, 0.25) is 0 Å². The molecule has 1 aromatic heterocycles. The van der Waals surface area contributed by atoms with E-state index in [4.69, 9.17) is 21.3 Å². The normalized spacial score (nSPS) is 17.6. The first-order chi connectivity index (χ1) is 11.6. The molecule has 1 aliphatic heterocycles. The van der Waals surface area contributed by atoms with Crippen LogP contribution in [0.25, 0.3) is 0 Å². The average Bonchev–Trinajstić information content (AvgIpc) is 3.40. The van der Waals surface area contributed by atoms with Gasteiger partial charge in [-0.3, -0.25) is 9.69 Å². The van der Waals surface area contributed by atoms with E-state index in [-0.39, 0.29) is 5.56 Å². The van der Waals surface area contributed by atoms with Crippen molar-refractivity contribution < 1.29 is 4.74 Å². The summed E-state index contributed by atoms with van der Waals surface area (Å²) in [6.45, 7) is 2.29. The van der Waals surface area contributed by atoms with Gasteiger partial charge in [-0.15, -0.1) is 0 Å². The fourth-order valence-corrected chi connectivity index (χ4v) is 3.53. The number of halogens is 1. The molecule has 2 aliphatic rings. The zero-order chi connectivity index (χ0) is 16.7. The van der Waals surface area contributed by atoms with Gasteiger partial charge in [0.1, 0.15) is 11.6 Å². The molecular weight excluding hydrogens is 326 g/mol. The molecule has 0 atom stereocenters. The second kappa shape index (κ2) is 6.22. The van der Waals surface area contributed by atoms with Crippen LogP contribution in [0.2, 0.25) is 5.02 Å². The predicted molar refractivity (Wildman–Crippen MR) is 92.7 cm³/mol. The van der Waals surface area contributed by atoms with Crippen LogP contribution in [0.1, 0.15) is 41.4 Å². The minimum atomic E-state index is 0.0272. The van der Waals surface area contributed by atoms with Gasteiger partial charge in [0.25, 0.3) is 5.56 Å². The van der Waals surface area contributed by atoms with Crippen LogP contribution in [0.15, 0.2) is 23.0 Å². The van der Waals surface area contributed by atoms with Crippen LogP contribution in [0.5, 0.6) is 5.75 Å². The van der Waals surface area contributed by atoms with Crippen LogP contribution in [-0.4, -0.2) is 28.5 Å². The quantitative estimate of drug-likeness (QED) is 0.925. The predicted octanol–water partition coefficient (Wildman–Crippen LogP) is 2.87. The molecule has 6 heteroatoms. The SMILES string of the molecule is COc1ccc(CN2CCc3nc(C4CC4)[nH]c(=O)c3C2)cc1Cl. The van der Waals surface area contributed by atoms with Gasteiger partial charge in [-0.1, -0.05) is 17.7 Å². The molecule has 1 aromatic carbocycles. The summed E-state index contributed by atoms with van der Waals surface area (Å²) in [6.07, 6.45) is 3.11. The van der Waals surface area contributed by atoms with Crippen molar-refractivity contribution in [3.63, 3.8) is 0 Å². The Balaban J connectivity index is 1.52. The zero-order valence-corrected chi connectivity index (χ0v) is 14.4. The van der Waals surface area contributed by atoms with E-state index in [1.165, 1.54) is 0 Å². The molecule has 0 radical (unpaired) electrons.